The maximum absolute atomic E-state index is 12.1. The molecule has 2 heterocycles. The molecule has 1 aliphatic carbocycles. The Morgan fingerprint density at radius 1 is 1.37 bits per heavy atom. The fourth-order valence-electron chi connectivity index (χ4n) is 2.75. The highest BCUT2D eigenvalue weighted by Gasteiger charge is 2.18. The number of hydrogen-bond acceptors (Lipinski definition) is 3. The van der Waals surface area contributed by atoms with E-state index in [1.807, 2.05) is 16.9 Å². The number of hydrogen-bond donors (Lipinski definition) is 0. The lowest BCUT2D eigenvalue weighted by Gasteiger charge is -2.08. The highest BCUT2D eigenvalue weighted by Crippen LogP contribution is 2.28. The Bertz CT molecular complexity index is 578. The highest BCUT2D eigenvalue weighted by molar-refractivity contribution is 5.95. The zero-order valence-electron chi connectivity index (χ0n) is 11.1. The minimum absolute atomic E-state index is 0.0664. The summed E-state index contributed by atoms with van der Waals surface area (Å²) >= 11 is 0. The predicted molar refractivity (Wildman–Crippen MR) is 71.0 cm³/mol. The summed E-state index contributed by atoms with van der Waals surface area (Å²) in [6.45, 7) is 0. The largest absolute Gasteiger partial charge is 0.292 e. The van der Waals surface area contributed by atoms with E-state index in [9.17, 15) is 4.79 Å². The first-order valence-corrected chi connectivity index (χ1v) is 6.79. The SMILES string of the molecule is Cn1nccc1C(=O)Cc1ccn(C2CCCC2)n1. The molecule has 0 bridgehead atoms. The molecule has 0 radical (unpaired) electrons. The van der Waals surface area contributed by atoms with E-state index in [1.54, 1.807) is 24.0 Å². The molecule has 1 saturated carbocycles. The molecule has 0 aliphatic heterocycles. The summed E-state index contributed by atoms with van der Waals surface area (Å²) in [7, 11) is 1.78. The van der Waals surface area contributed by atoms with Crippen molar-refractivity contribution in [3.05, 3.63) is 35.9 Å². The van der Waals surface area contributed by atoms with Gasteiger partial charge in [0.25, 0.3) is 0 Å². The standard InChI is InChI=1S/C14H18N4O/c1-17-13(6-8-15-17)14(19)10-11-7-9-18(16-11)12-4-2-3-5-12/h6-9,12H,2-5,10H2,1H3. The van der Waals surface area contributed by atoms with Crippen LogP contribution in [-0.4, -0.2) is 25.3 Å². The van der Waals surface area contributed by atoms with Gasteiger partial charge in [0.2, 0.25) is 0 Å². The van der Waals surface area contributed by atoms with E-state index < -0.39 is 0 Å². The molecule has 2 aromatic heterocycles. The lowest BCUT2D eigenvalue weighted by Crippen LogP contribution is -2.11. The molecule has 100 valence electrons. The number of nitrogens with zero attached hydrogens (tertiary/aromatic N) is 4. The van der Waals surface area contributed by atoms with Crippen LogP contribution >= 0.6 is 0 Å². The molecule has 0 aromatic carbocycles. The summed E-state index contributed by atoms with van der Waals surface area (Å²) in [6, 6.07) is 4.23. The molecular weight excluding hydrogens is 240 g/mol. The summed E-state index contributed by atoms with van der Waals surface area (Å²) in [5.41, 5.74) is 1.48. The van der Waals surface area contributed by atoms with Crippen LogP contribution < -0.4 is 0 Å². The van der Waals surface area contributed by atoms with Crippen LogP contribution in [0.4, 0.5) is 0 Å². The summed E-state index contributed by atoms with van der Waals surface area (Å²) in [6.07, 6.45) is 8.97. The van der Waals surface area contributed by atoms with E-state index in [2.05, 4.69) is 10.2 Å². The molecule has 0 atom stereocenters. The smallest absolute Gasteiger partial charge is 0.186 e. The van der Waals surface area contributed by atoms with Crippen LogP contribution in [-0.2, 0) is 13.5 Å². The zero-order chi connectivity index (χ0) is 13.2. The van der Waals surface area contributed by atoms with Gasteiger partial charge >= 0.3 is 0 Å². The lowest BCUT2D eigenvalue weighted by molar-refractivity contribution is 0.0982. The third-order valence-electron chi connectivity index (χ3n) is 3.81. The normalized spacial score (nSPS) is 16.1. The molecule has 0 N–H and O–H groups in total. The van der Waals surface area contributed by atoms with Crippen LogP contribution in [0.3, 0.4) is 0 Å². The Morgan fingerprint density at radius 2 is 2.16 bits per heavy atom. The average Bonchev–Trinajstić information content (AvgIpc) is 3.07. The van der Waals surface area contributed by atoms with Gasteiger partial charge in [-0.1, -0.05) is 12.8 Å². The second kappa shape index (κ2) is 4.99. The van der Waals surface area contributed by atoms with Gasteiger partial charge in [0.1, 0.15) is 5.69 Å². The maximum atomic E-state index is 12.1. The maximum Gasteiger partial charge on any atom is 0.186 e. The van der Waals surface area contributed by atoms with Crippen LogP contribution in [0.1, 0.15) is 47.9 Å². The molecule has 5 nitrogen and oxygen atoms in total. The van der Waals surface area contributed by atoms with E-state index in [0.29, 0.717) is 18.2 Å². The van der Waals surface area contributed by atoms with Gasteiger partial charge in [-0.05, 0) is 25.0 Å². The molecule has 0 unspecified atom stereocenters. The molecule has 2 aromatic rings. The number of aryl methyl sites for hydroxylation is 1. The molecule has 3 rings (SSSR count). The monoisotopic (exact) mass is 258 g/mol. The molecule has 0 spiro atoms. The number of Topliss-reactive ketones (excluding diaryl/α,β-unsaturated/α-hetero) is 1. The van der Waals surface area contributed by atoms with Crippen molar-refractivity contribution in [2.45, 2.75) is 38.1 Å². The Hall–Kier alpha value is -1.91. The van der Waals surface area contributed by atoms with Crippen LogP contribution in [0.15, 0.2) is 24.5 Å². The van der Waals surface area contributed by atoms with Crippen molar-refractivity contribution in [1.29, 1.82) is 0 Å². The lowest BCUT2D eigenvalue weighted by atomic mass is 10.2. The van der Waals surface area contributed by atoms with E-state index >= 15 is 0 Å². The van der Waals surface area contributed by atoms with Crippen molar-refractivity contribution in [1.82, 2.24) is 19.6 Å². The van der Waals surface area contributed by atoms with Crippen LogP contribution in [0.25, 0.3) is 0 Å². The fourth-order valence-corrected chi connectivity index (χ4v) is 2.75. The summed E-state index contributed by atoms with van der Waals surface area (Å²) in [4.78, 5) is 12.1. The minimum atomic E-state index is 0.0664. The third-order valence-corrected chi connectivity index (χ3v) is 3.81. The molecule has 1 aliphatic rings. The number of carbonyl (C=O) groups is 1. The number of rotatable bonds is 4. The van der Waals surface area contributed by atoms with Crippen molar-refractivity contribution < 1.29 is 4.79 Å². The van der Waals surface area contributed by atoms with Gasteiger partial charge < -0.3 is 0 Å². The summed E-state index contributed by atoms with van der Waals surface area (Å²) < 4.78 is 3.63. The van der Waals surface area contributed by atoms with Gasteiger partial charge in [-0.3, -0.25) is 14.2 Å². The van der Waals surface area contributed by atoms with Gasteiger partial charge in [-0.25, -0.2) is 0 Å². The van der Waals surface area contributed by atoms with Gasteiger partial charge in [0.15, 0.2) is 5.78 Å². The first-order valence-electron chi connectivity index (χ1n) is 6.79. The molecular formula is C14H18N4O. The Kier molecular flexibility index (Phi) is 3.19. The minimum Gasteiger partial charge on any atom is -0.292 e. The Labute approximate surface area is 112 Å². The average molecular weight is 258 g/mol. The number of aromatic nitrogens is 4. The van der Waals surface area contributed by atoms with E-state index in [0.717, 1.165) is 5.69 Å². The molecule has 5 heteroatoms. The predicted octanol–water partition coefficient (Wildman–Crippen LogP) is 2.16. The fraction of sp³-hybridized carbons (Fsp3) is 0.500. The highest BCUT2D eigenvalue weighted by atomic mass is 16.1. The molecule has 19 heavy (non-hydrogen) atoms. The second-order valence-electron chi connectivity index (χ2n) is 5.17. The van der Waals surface area contributed by atoms with Gasteiger partial charge in [0, 0.05) is 19.4 Å². The van der Waals surface area contributed by atoms with Gasteiger partial charge in [0.05, 0.1) is 18.2 Å². The molecule has 1 fully saturated rings. The molecule has 0 amide bonds. The van der Waals surface area contributed by atoms with Crippen molar-refractivity contribution in [3.63, 3.8) is 0 Å². The van der Waals surface area contributed by atoms with E-state index in [-0.39, 0.29) is 5.78 Å². The van der Waals surface area contributed by atoms with Crippen molar-refractivity contribution in [2.75, 3.05) is 0 Å². The van der Waals surface area contributed by atoms with E-state index in [1.165, 1.54) is 25.7 Å². The first kappa shape index (κ1) is 12.1. The Morgan fingerprint density at radius 3 is 2.84 bits per heavy atom. The van der Waals surface area contributed by atoms with Crippen molar-refractivity contribution in [2.24, 2.45) is 7.05 Å². The number of carbonyl (C=O) groups excluding carboxylic acids is 1. The van der Waals surface area contributed by atoms with Crippen LogP contribution in [0.5, 0.6) is 0 Å². The summed E-state index contributed by atoms with van der Waals surface area (Å²) in [5, 5.41) is 8.56. The summed E-state index contributed by atoms with van der Waals surface area (Å²) in [5.74, 6) is 0.0664. The molecule has 0 saturated heterocycles. The topological polar surface area (TPSA) is 52.7 Å². The zero-order valence-corrected chi connectivity index (χ0v) is 11.1. The van der Waals surface area contributed by atoms with Crippen LogP contribution in [0.2, 0.25) is 0 Å². The Balaban J connectivity index is 1.70. The van der Waals surface area contributed by atoms with Crippen molar-refractivity contribution in [3.8, 4) is 0 Å². The third kappa shape index (κ3) is 2.45. The van der Waals surface area contributed by atoms with Gasteiger partial charge in [-0.2, -0.15) is 10.2 Å². The first-order chi connectivity index (χ1) is 9.24. The van der Waals surface area contributed by atoms with E-state index in [4.69, 9.17) is 0 Å². The quantitative estimate of drug-likeness (QED) is 0.790. The second-order valence-corrected chi connectivity index (χ2v) is 5.17. The van der Waals surface area contributed by atoms with Crippen molar-refractivity contribution >= 4 is 5.78 Å². The van der Waals surface area contributed by atoms with Crippen LogP contribution in [0, 0.1) is 0 Å². The number of ketones is 1. The van der Waals surface area contributed by atoms with Gasteiger partial charge in [-0.15, -0.1) is 0 Å².